The van der Waals surface area contributed by atoms with E-state index in [9.17, 15) is 22.7 Å². The van der Waals surface area contributed by atoms with E-state index >= 15 is 0 Å². The van der Waals surface area contributed by atoms with E-state index < -0.39 is 30.4 Å². The zero-order chi connectivity index (χ0) is 17.0. The molecule has 1 aliphatic rings. The smallest absolute Gasteiger partial charge is 0.428 e. The molecule has 0 radical (unpaired) electrons. The van der Waals surface area contributed by atoms with Crippen LogP contribution in [0, 0.1) is 5.92 Å². The fourth-order valence-corrected chi connectivity index (χ4v) is 2.99. The molecule has 1 aliphatic carbocycles. The van der Waals surface area contributed by atoms with Gasteiger partial charge in [0.2, 0.25) is 0 Å². The van der Waals surface area contributed by atoms with Crippen molar-refractivity contribution in [1.82, 2.24) is 0 Å². The predicted molar refractivity (Wildman–Crippen MR) is 84.8 cm³/mol. The normalized spacial score (nSPS) is 18.8. The van der Waals surface area contributed by atoms with Gasteiger partial charge in [-0.05, 0) is 24.8 Å². The molecule has 1 aromatic carbocycles. The predicted octanol–water partition coefficient (Wildman–Crippen LogP) is 4.29. The molecule has 0 aromatic heterocycles. The maximum atomic E-state index is 13.2. The van der Waals surface area contributed by atoms with Crippen molar-refractivity contribution in [2.75, 3.05) is 0 Å². The zero-order valence-corrected chi connectivity index (χ0v) is 13.8. The molecule has 1 aromatic rings. The Hall–Kier alpha value is -1.05. The van der Waals surface area contributed by atoms with E-state index in [1.807, 2.05) is 0 Å². The monoisotopic (exact) mass is 371 g/mol. The van der Waals surface area contributed by atoms with Crippen molar-refractivity contribution in [3.05, 3.63) is 29.8 Å². The Kier molecular flexibility index (Phi) is 7.76. The number of alkyl halides is 4. The summed E-state index contributed by atoms with van der Waals surface area (Å²) in [5.74, 6) is -0.456. The Morgan fingerprint density at radius 3 is 2.29 bits per heavy atom. The minimum Gasteiger partial charge on any atom is -0.428 e. The molecule has 0 amide bonds. The first-order valence-corrected chi connectivity index (χ1v) is 7.70. The van der Waals surface area contributed by atoms with Crippen LogP contribution < -0.4 is 10.5 Å². The molecule has 8 heteroatoms. The van der Waals surface area contributed by atoms with Crippen LogP contribution in [0.4, 0.5) is 17.6 Å². The standard InChI is InChI=1S/C16H21F4NO2.ClH/c17-15(18)16(19,20)23-12-9-5-4-8-11(12)13(21)14(22)10-6-2-1-3-7-10;/h4-5,8-10,13-15,22H,1-3,6-7,21H2;1H/t13-,14+;/m1./s1. The molecular formula is C16H22ClF4NO2. The molecule has 3 nitrogen and oxygen atoms in total. The van der Waals surface area contributed by atoms with Gasteiger partial charge in [-0.3, -0.25) is 0 Å². The van der Waals surface area contributed by atoms with Gasteiger partial charge < -0.3 is 15.6 Å². The summed E-state index contributed by atoms with van der Waals surface area (Å²) < 4.78 is 55.1. The van der Waals surface area contributed by atoms with Gasteiger partial charge in [0.25, 0.3) is 0 Å². The minimum atomic E-state index is -4.61. The van der Waals surface area contributed by atoms with Gasteiger partial charge in [-0.25, -0.2) is 0 Å². The number of aliphatic hydroxyl groups is 1. The van der Waals surface area contributed by atoms with Gasteiger partial charge in [-0.2, -0.15) is 17.6 Å². The third-order valence-corrected chi connectivity index (χ3v) is 4.28. The Bertz CT molecular complexity index is 513. The van der Waals surface area contributed by atoms with E-state index in [4.69, 9.17) is 5.73 Å². The van der Waals surface area contributed by atoms with Crippen LogP contribution >= 0.6 is 12.4 Å². The lowest BCUT2D eigenvalue weighted by Crippen LogP contribution is -2.36. The number of hydrogen-bond acceptors (Lipinski definition) is 3. The Morgan fingerprint density at radius 1 is 1.12 bits per heavy atom. The molecule has 0 unspecified atom stereocenters. The summed E-state index contributed by atoms with van der Waals surface area (Å²) in [5, 5.41) is 10.4. The van der Waals surface area contributed by atoms with Crippen LogP contribution in [-0.2, 0) is 0 Å². The molecule has 0 aliphatic heterocycles. The molecule has 1 fully saturated rings. The molecule has 24 heavy (non-hydrogen) atoms. The highest BCUT2D eigenvalue weighted by Gasteiger charge is 2.44. The molecule has 0 heterocycles. The summed E-state index contributed by atoms with van der Waals surface area (Å²) in [6, 6.07) is 4.52. The SMILES string of the molecule is Cl.N[C@H](c1ccccc1OC(F)(F)C(F)F)[C@@H](O)C1CCCCC1. The van der Waals surface area contributed by atoms with Gasteiger partial charge in [0.15, 0.2) is 0 Å². The Balaban J connectivity index is 0.00000288. The topological polar surface area (TPSA) is 55.5 Å². The highest BCUT2D eigenvalue weighted by molar-refractivity contribution is 5.85. The summed E-state index contributed by atoms with van der Waals surface area (Å²) in [6.07, 6.45) is -4.80. The molecule has 138 valence electrons. The first-order valence-electron chi connectivity index (χ1n) is 7.70. The number of rotatable bonds is 6. The van der Waals surface area contributed by atoms with Gasteiger partial charge in [0, 0.05) is 5.56 Å². The highest BCUT2D eigenvalue weighted by atomic mass is 35.5. The number of benzene rings is 1. The van der Waals surface area contributed by atoms with E-state index in [0.717, 1.165) is 38.2 Å². The number of hydrogen-bond donors (Lipinski definition) is 2. The number of halogens is 5. The lowest BCUT2D eigenvalue weighted by Gasteiger charge is -2.31. The third kappa shape index (κ3) is 4.97. The third-order valence-electron chi connectivity index (χ3n) is 4.28. The van der Waals surface area contributed by atoms with E-state index in [1.54, 1.807) is 0 Å². The van der Waals surface area contributed by atoms with E-state index in [2.05, 4.69) is 4.74 Å². The van der Waals surface area contributed by atoms with Crippen LogP contribution in [0.25, 0.3) is 0 Å². The number of para-hydroxylation sites is 1. The second-order valence-electron chi connectivity index (χ2n) is 5.92. The van der Waals surface area contributed by atoms with Crippen molar-refractivity contribution in [2.45, 2.75) is 56.8 Å². The van der Waals surface area contributed by atoms with Crippen LogP contribution in [0.2, 0.25) is 0 Å². The summed E-state index contributed by atoms with van der Waals surface area (Å²) in [6.45, 7) is 0. The lowest BCUT2D eigenvalue weighted by atomic mass is 9.81. The second-order valence-corrected chi connectivity index (χ2v) is 5.92. The van der Waals surface area contributed by atoms with Gasteiger partial charge in [0.1, 0.15) is 5.75 Å². The summed E-state index contributed by atoms with van der Waals surface area (Å²) in [4.78, 5) is 0. The van der Waals surface area contributed by atoms with Gasteiger partial charge in [-0.1, -0.05) is 37.5 Å². The maximum absolute atomic E-state index is 13.2. The molecule has 3 N–H and O–H groups in total. The Labute approximate surface area is 144 Å². The fourth-order valence-electron chi connectivity index (χ4n) is 2.99. The van der Waals surface area contributed by atoms with E-state index in [-0.39, 0.29) is 23.9 Å². The average Bonchev–Trinajstić information content (AvgIpc) is 2.54. The van der Waals surface area contributed by atoms with Crippen molar-refractivity contribution in [3.63, 3.8) is 0 Å². The van der Waals surface area contributed by atoms with Crippen LogP contribution in [0.5, 0.6) is 5.75 Å². The highest BCUT2D eigenvalue weighted by Crippen LogP contribution is 2.36. The Morgan fingerprint density at radius 2 is 1.71 bits per heavy atom. The number of ether oxygens (including phenoxy) is 1. The minimum absolute atomic E-state index is 0. The summed E-state index contributed by atoms with van der Waals surface area (Å²) in [7, 11) is 0. The van der Waals surface area contributed by atoms with Crippen molar-refractivity contribution in [3.8, 4) is 5.75 Å². The largest absolute Gasteiger partial charge is 0.461 e. The molecule has 2 rings (SSSR count). The van der Waals surface area contributed by atoms with Crippen molar-refractivity contribution in [2.24, 2.45) is 11.7 Å². The number of aliphatic hydroxyl groups excluding tert-OH is 1. The zero-order valence-electron chi connectivity index (χ0n) is 13.0. The molecule has 0 saturated heterocycles. The molecular weight excluding hydrogens is 350 g/mol. The first kappa shape index (κ1) is 21.0. The van der Waals surface area contributed by atoms with Crippen molar-refractivity contribution < 1.29 is 27.4 Å². The van der Waals surface area contributed by atoms with Crippen LogP contribution in [0.3, 0.4) is 0 Å². The number of nitrogens with two attached hydrogens (primary N) is 1. The summed E-state index contributed by atoms with van der Waals surface area (Å²) >= 11 is 0. The fraction of sp³-hybridized carbons (Fsp3) is 0.625. The van der Waals surface area contributed by atoms with Crippen molar-refractivity contribution >= 4 is 12.4 Å². The molecule has 0 spiro atoms. The lowest BCUT2D eigenvalue weighted by molar-refractivity contribution is -0.253. The van der Waals surface area contributed by atoms with E-state index in [1.165, 1.54) is 18.2 Å². The quantitative estimate of drug-likeness (QED) is 0.733. The van der Waals surface area contributed by atoms with Gasteiger partial charge in [-0.15, -0.1) is 12.4 Å². The van der Waals surface area contributed by atoms with Crippen molar-refractivity contribution in [1.29, 1.82) is 0 Å². The van der Waals surface area contributed by atoms with E-state index in [0.29, 0.717) is 0 Å². The van der Waals surface area contributed by atoms with Crippen LogP contribution in [0.1, 0.15) is 43.7 Å². The maximum Gasteiger partial charge on any atom is 0.461 e. The second kappa shape index (κ2) is 8.87. The van der Waals surface area contributed by atoms with Gasteiger partial charge >= 0.3 is 12.5 Å². The summed E-state index contributed by atoms with van der Waals surface area (Å²) in [5.41, 5.74) is 6.11. The average molecular weight is 372 g/mol. The molecule has 0 bridgehead atoms. The molecule has 1 saturated carbocycles. The molecule has 2 atom stereocenters. The first-order chi connectivity index (χ1) is 10.8. The van der Waals surface area contributed by atoms with Crippen LogP contribution in [0.15, 0.2) is 24.3 Å². The van der Waals surface area contributed by atoms with Crippen LogP contribution in [-0.4, -0.2) is 23.7 Å². The van der Waals surface area contributed by atoms with Gasteiger partial charge in [0.05, 0.1) is 12.1 Å².